The van der Waals surface area contributed by atoms with E-state index < -0.39 is 0 Å². The Kier molecular flexibility index (Phi) is 4.91. The van der Waals surface area contributed by atoms with Crippen molar-refractivity contribution >= 4 is 0 Å². The standard InChI is InChI=1S/C15H23NO3/c1-11(12-7-8-12)16-9-10-19-15-13(17-2)5-4-6-14(15)18-3/h4-6,11-12,16H,7-10H2,1-3H3. The van der Waals surface area contributed by atoms with Crippen LogP contribution in [0.4, 0.5) is 0 Å². The van der Waals surface area contributed by atoms with Gasteiger partial charge in [-0.2, -0.15) is 0 Å². The SMILES string of the molecule is COc1cccc(OC)c1OCCNC(C)C1CC1. The van der Waals surface area contributed by atoms with E-state index in [-0.39, 0.29) is 0 Å². The highest BCUT2D eigenvalue weighted by Gasteiger charge is 2.27. The van der Waals surface area contributed by atoms with E-state index in [0.29, 0.717) is 29.9 Å². The Hall–Kier alpha value is -1.42. The van der Waals surface area contributed by atoms with Gasteiger partial charge in [-0.05, 0) is 37.8 Å². The van der Waals surface area contributed by atoms with E-state index in [1.807, 2.05) is 18.2 Å². The molecule has 0 saturated heterocycles. The largest absolute Gasteiger partial charge is 0.493 e. The highest BCUT2D eigenvalue weighted by atomic mass is 16.5. The van der Waals surface area contributed by atoms with Gasteiger partial charge in [-0.1, -0.05) is 6.07 Å². The molecule has 0 aromatic heterocycles. The molecule has 0 aliphatic heterocycles. The molecular formula is C15H23NO3. The Bertz CT molecular complexity index is 382. The second-order valence-corrected chi connectivity index (χ2v) is 4.92. The van der Waals surface area contributed by atoms with Crippen LogP contribution in [0.2, 0.25) is 0 Å². The van der Waals surface area contributed by atoms with E-state index in [1.54, 1.807) is 14.2 Å². The highest BCUT2D eigenvalue weighted by Crippen LogP contribution is 2.36. The summed E-state index contributed by atoms with van der Waals surface area (Å²) in [6.45, 7) is 3.67. The summed E-state index contributed by atoms with van der Waals surface area (Å²) in [4.78, 5) is 0. The molecule has 1 unspecified atom stereocenters. The lowest BCUT2D eigenvalue weighted by atomic mass is 10.2. The summed E-state index contributed by atoms with van der Waals surface area (Å²) in [5.41, 5.74) is 0. The molecule has 2 rings (SSSR count). The smallest absolute Gasteiger partial charge is 0.203 e. The molecule has 1 aromatic rings. The van der Waals surface area contributed by atoms with Crippen molar-refractivity contribution < 1.29 is 14.2 Å². The highest BCUT2D eigenvalue weighted by molar-refractivity contribution is 5.51. The van der Waals surface area contributed by atoms with Crippen LogP contribution in [0.15, 0.2) is 18.2 Å². The second kappa shape index (κ2) is 6.66. The summed E-state index contributed by atoms with van der Waals surface area (Å²) in [5.74, 6) is 2.94. The quantitative estimate of drug-likeness (QED) is 0.733. The molecule has 0 amide bonds. The third kappa shape index (κ3) is 3.77. The number of hydrogen-bond acceptors (Lipinski definition) is 4. The van der Waals surface area contributed by atoms with Gasteiger partial charge in [0, 0.05) is 12.6 Å². The van der Waals surface area contributed by atoms with Gasteiger partial charge < -0.3 is 19.5 Å². The Labute approximate surface area is 115 Å². The predicted octanol–water partition coefficient (Wildman–Crippen LogP) is 2.47. The molecule has 1 atom stereocenters. The van der Waals surface area contributed by atoms with Crippen LogP contribution in [0.3, 0.4) is 0 Å². The summed E-state index contributed by atoms with van der Waals surface area (Å²) in [5, 5.41) is 3.48. The van der Waals surface area contributed by atoms with E-state index >= 15 is 0 Å². The summed E-state index contributed by atoms with van der Waals surface area (Å²) < 4.78 is 16.4. The molecule has 4 heteroatoms. The molecule has 0 bridgehead atoms. The van der Waals surface area contributed by atoms with Crippen LogP contribution >= 0.6 is 0 Å². The molecule has 0 heterocycles. The van der Waals surface area contributed by atoms with Crippen molar-refractivity contribution in [3.05, 3.63) is 18.2 Å². The zero-order valence-corrected chi connectivity index (χ0v) is 11.9. The molecule has 4 nitrogen and oxygen atoms in total. The molecule has 1 fully saturated rings. The minimum absolute atomic E-state index is 0.586. The van der Waals surface area contributed by atoms with Crippen molar-refractivity contribution in [2.45, 2.75) is 25.8 Å². The summed E-state index contributed by atoms with van der Waals surface area (Å²) in [6.07, 6.45) is 2.71. The Morgan fingerprint density at radius 3 is 2.37 bits per heavy atom. The van der Waals surface area contributed by atoms with Gasteiger partial charge in [0.05, 0.1) is 14.2 Å². The Morgan fingerprint density at radius 2 is 1.84 bits per heavy atom. The molecule has 1 aromatic carbocycles. The van der Waals surface area contributed by atoms with Crippen LogP contribution in [0, 0.1) is 5.92 Å². The first kappa shape index (κ1) is 14.0. The molecule has 0 radical (unpaired) electrons. The molecule has 1 aliphatic rings. The van der Waals surface area contributed by atoms with Crippen LogP contribution in [-0.4, -0.2) is 33.4 Å². The second-order valence-electron chi connectivity index (χ2n) is 4.92. The fraction of sp³-hybridized carbons (Fsp3) is 0.600. The number of hydrogen-bond donors (Lipinski definition) is 1. The van der Waals surface area contributed by atoms with E-state index in [2.05, 4.69) is 12.2 Å². The van der Waals surface area contributed by atoms with Crippen molar-refractivity contribution in [2.75, 3.05) is 27.4 Å². The van der Waals surface area contributed by atoms with Crippen molar-refractivity contribution in [1.29, 1.82) is 0 Å². The maximum absolute atomic E-state index is 5.79. The van der Waals surface area contributed by atoms with Gasteiger partial charge in [0.25, 0.3) is 0 Å². The zero-order chi connectivity index (χ0) is 13.7. The van der Waals surface area contributed by atoms with Gasteiger partial charge >= 0.3 is 0 Å². The minimum Gasteiger partial charge on any atom is -0.493 e. The van der Waals surface area contributed by atoms with Crippen LogP contribution < -0.4 is 19.5 Å². The van der Waals surface area contributed by atoms with Gasteiger partial charge in [0.1, 0.15) is 6.61 Å². The average molecular weight is 265 g/mol. The number of benzene rings is 1. The Morgan fingerprint density at radius 1 is 1.21 bits per heavy atom. The molecule has 19 heavy (non-hydrogen) atoms. The maximum Gasteiger partial charge on any atom is 0.203 e. The first-order chi connectivity index (χ1) is 9.26. The van der Waals surface area contributed by atoms with Crippen molar-refractivity contribution in [3.8, 4) is 17.2 Å². The number of rotatable bonds is 8. The Balaban J connectivity index is 1.83. The lowest BCUT2D eigenvalue weighted by molar-refractivity contribution is 0.268. The molecule has 1 saturated carbocycles. The normalized spacial score (nSPS) is 15.9. The molecule has 106 valence electrons. The number of para-hydroxylation sites is 1. The summed E-state index contributed by atoms with van der Waals surface area (Å²) in [6, 6.07) is 6.22. The molecular weight excluding hydrogens is 242 g/mol. The predicted molar refractivity (Wildman–Crippen MR) is 75.2 cm³/mol. The van der Waals surface area contributed by atoms with E-state index in [1.165, 1.54) is 12.8 Å². The van der Waals surface area contributed by atoms with Gasteiger partial charge in [-0.15, -0.1) is 0 Å². The topological polar surface area (TPSA) is 39.7 Å². The van der Waals surface area contributed by atoms with Crippen LogP contribution in [0.1, 0.15) is 19.8 Å². The lowest BCUT2D eigenvalue weighted by Gasteiger charge is -2.16. The van der Waals surface area contributed by atoms with Crippen LogP contribution in [-0.2, 0) is 0 Å². The first-order valence-electron chi connectivity index (χ1n) is 6.83. The lowest BCUT2D eigenvalue weighted by Crippen LogP contribution is -2.31. The van der Waals surface area contributed by atoms with Gasteiger partial charge in [-0.25, -0.2) is 0 Å². The number of methoxy groups -OCH3 is 2. The van der Waals surface area contributed by atoms with Crippen molar-refractivity contribution in [3.63, 3.8) is 0 Å². The summed E-state index contributed by atoms with van der Waals surface area (Å²) >= 11 is 0. The fourth-order valence-electron chi connectivity index (χ4n) is 2.16. The van der Waals surface area contributed by atoms with Gasteiger partial charge in [0.15, 0.2) is 11.5 Å². The third-order valence-corrected chi connectivity index (χ3v) is 3.53. The van der Waals surface area contributed by atoms with E-state index in [0.717, 1.165) is 12.5 Å². The van der Waals surface area contributed by atoms with E-state index in [4.69, 9.17) is 14.2 Å². The maximum atomic E-state index is 5.79. The van der Waals surface area contributed by atoms with Crippen LogP contribution in [0.5, 0.6) is 17.2 Å². The number of nitrogens with one attached hydrogen (secondary N) is 1. The minimum atomic E-state index is 0.586. The van der Waals surface area contributed by atoms with Crippen molar-refractivity contribution in [1.82, 2.24) is 5.32 Å². The fourth-order valence-corrected chi connectivity index (χ4v) is 2.16. The number of ether oxygens (including phenoxy) is 3. The van der Waals surface area contributed by atoms with Crippen molar-refractivity contribution in [2.24, 2.45) is 5.92 Å². The van der Waals surface area contributed by atoms with E-state index in [9.17, 15) is 0 Å². The monoisotopic (exact) mass is 265 g/mol. The zero-order valence-electron chi connectivity index (χ0n) is 11.9. The molecule has 1 N–H and O–H groups in total. The summed E-state index contributed by atoms with van der Waals surface area (Å²) in [7, 11) is 3.27. The first-order valence-corrected chi connectivity index (χ1v) is 6.83. The van der Waals surface area contributed by atoms with Gasteiger partial charge in [-0.3, -0.25) is 0 Å². The molecule has 0 spiro atoms. The average Bonchev–Trinajstić information content (AvgIpc) is 3.27. The van der Waals surface area contributed by atoms with Crippen LogP contribution in [0.25, 0.3) is 0 Å². The molecule has 1 aliphatic carbocycles. The third-order valence-electron chi connectivity index (χ3n) is 3.53. The van der Waals surface area contributed by atoms with Gasteiger partial charge in [0.2, 0.25) is 5.75 Å².